The van der Waals surface area contributed by atoms with Gasteiger partial charge in [0.15, 0.2) is 0 Å². The van der Waals surface area contributed by atoms with E-state index in [1.807, 2.05) is 23.1 Å². The zero-order valence-electron chi connectivity index (χ0n) is 14.8. The molecule has 6 heteroatoms. The molecule has 1 aliphatic rings. The number of halogens is 1. The van der Waals surface area contributed by atoms with Gasteiger partial charge >= 0.3 is 0 Å². The summed E-state index contributed by atoms with van der Waals surface area (Å²) in [5.74, 6) is 1.32. The predicted molar refractivity (Wildman–Crippen MR) is 102 cm³/mol. The Bertz CT molecular complexity index is 739. The van der Waals surface area contributed by atoms with Gasteiger partial charge in [0.2, 0.25) is 5.91 Å². The number of nitrogens with zero attached hydrogens (tertiary/aromatic N) is 3. The number of rotatable bonds is 5. The molecule has 25 heavy (non-hydrogen) atoms. The van der Waals surface area contributed by atoms with Gasteiger partial charge in [-0.15, -0.1) is 0 Å². The Morgan fingerprint density at radius 1 is 1.28 bits per heavy atom. The second-order valence-corrected chi connectivity index (χ2v) is 7.08. The Labute approximate surface area is 153 Å². The number of aromatic nitrogens is 2. The van der Waals surface area contributed by atoms with Crippen LogP contribution in [0.1, 0.15) is 39.5 Å². The number of carbonyl (C=O) groups excluding carboxylic acids is 1. The number of piperidine rings is 1. The molecule has 0 spiro atoms. The fraction of sp³-hybridized carbons (Fsp3) is 0.526. The van der Waals surface area contributed by atoms with Crippen molar-refractivity contribution in [3.05, 3.63) is 29.5 Å². The number of nitrogens with one attached hydrogen (secondary N) is 1. The highest BCUT2D eigenvalue weighted by atomic mass is 35.5. The Morgan fingerprint density at radius 3 is 2.68 bits per heavy atom. The molecule has 1 amide bonds. The van der Waals surface area contributed by atoms with Gasteiger partial charge < -0.3 is 10.2 Å². The van der Waals surface area contributed by atoms with Gasteiger partial charge in [-0.05, 0) is 43.9 Å². The van der Waals surface area contributed by atoms with Gasteiger partial charge in [-0.2, -0.15) is 0 Å². The third kappa shape index (κ3) is 4.03. The van der Waals surface area contributed by atoms with E-state index < -0.39 is 0 Å². The maximum absolute atomic E-state index is 12.5. The molecule has 0 radical (unpaired) electrons. The summed E-state index contributed by atoms with van der Waals surface area (Å²) in [7, 11) is 0. The van der Waals surface area contributed by atoms with E-state index in [0.29, 0.717) is 17.0 Å². The fourth-order valence-corrected chi connectivity index (χ4v) is 3.65. The Balaban J connectivity index is 1.64. The molecule has 134 valence electrons. The minimum Gasteiger partial charge on any atom is -0.367 e. The zero-order chi connectivity index (χ0) is 17.8. The zero-order valence-corrected chi connectivity index (χ0v) is 15.6. The van der Waals surface area contributed by atoms with E-state index in [9.17, 15) is 4.79 Å². The minimum absolute atomic E-state index is 0.167. The molecule has 2 heterocycles. The van der Waals surface area contributed by atoms with E-state index in [1.165, 1.54) is 0 Å². The van der Waals surface area contributed by atoms with Crippen molar-refractivity contribution in [2.45, 2.75) is 45.6 Å². The van der Waals surface area contributed by atoms with Gasteiger partial charge in [0, 0.05) is 35.5 Å². The molecule has 3 rings (SSSR count). The average molecular weight is 361 g/mol. The molecule has 5 nitrogen and oxygen atoms in total. The molecular formula is C19H25ClN4O. The first kappa shape index (κ1) is 17.9. The largest absolute Gasteiger partial charge is 0.367 e. The topological polar surface area (TPSA) is 58.1 Å². The van der Waals surface area contributed by atoms with Gasteiger partial charge in [0.1, 0.15) is 12.1 Å². The smallest absolute Gasteiger partial charge is 0.225 e. The normalized spacial score (nSPS) is 15.8. The first-order chi connectivity index (χ1) is 12.1. The molecule has 1 saturated heterocycles. The Morgan fingerprint density at radius 2 is 2.00 bits per heavy atom. The highest BCUT2D eigenvalue weighted by Gasteiger charge is 2.26. The lowest BCUT2D eigenvalue weighted by atomic mass is 9.98. The summed E-state index contributed by atoms with van der Waals surface area (Å²) in [4.78, 5) is 23.2. The summed E-state index contributed by atoms with van der Waals surface area (Å²) in [5, 5.41) is 5.17. The van der Waals surface area contributed by atoms with Crippen LogP contribution >= 0.6 is 11.6 Å². The molecule has 1 aliphatic heterocycles. The standard InChI is InChI=1S/C19H25ClN4O/c1-3-13(4-2)19(25)24-9-7-15(8-10-24)23-18-16-6-5-14(20)11-17(16)21-12-22-18/h5-6,11-13,15H,3-4,7-10H2,1-2H3,(H,21,22,23). The molecule has 0 aliphatic carbocycles. The van der Waals surface area contributed by atoms with Crippen LogP contribution in [0, 0.1) is 5.92 Å². The third-order valence-corrected chi connectivity index (χ3v) is 5.32. The van der Waals surface area contributed by atoms with Crippen LogP contribution < -0.4 is 5.32 Å². The van der Waals surface area contributed by atoms with E-state index in [0.717, 1.165) is 55.5 Å². The minimum atomic E-state index is 0.167. The lowest BCUT2D eigenvalue weighted by Gasteiger charge is -2.34. The SMILES string of the molecule is CCC(CC)C(=O)N1CCC(Nc2ncnc3cc(Cl)ccc23)CC1. The number of benzene rings is 1. The first-order valence-electron chi connectivity index (χ1n) is 9.08. The molecular weight excluding hydrogens is 336 g/mol. The summed E-state index contributed by atoms with van der Waals surface area (Å²) in [6.07, 6.45) is 5.27. The molecule has 1 aromatic heterocycles. The Hall–Kier alpha value is -1.88. The first-order valence-corrected chi connectivity index (χ1v) is 9.45. The number of anilines is 1. The highest BCUT2D eigenvalue weighted by molar-refractivity contribution is 6.31. The fourth-order valence-electron chi connectivity index (χ4n) is 3.48. The lowest BCUT2D eigenvalue weighted by Crippen LogP contribution is -2.44. The summed E-state index contributed by atoms with van der Waals surface area (Å²) in [6.45, 7) is 5.80. The van der Waals surface area contributed by atoms with Gasteiger partial charge in [-0.25, -0.2) is 9.97 Å². The van der Waals surface area contributed by atoms with Crippen molar-refractivity contribution in [3.8, 4) is 0 Å². The van der Waals surface area contributed by atoms with E-state index in [2.05, 4.69) is 29.1 Å². The van der Waals surface area contributed by atoms with Crippen LogP contribution in [-0.2, 0) is 4.79 Å². The van der Waals surface area contributed by atoms with E-state index >= 15 is 0 Å². The molecule has 0 bridgehead atoms. The average Bonchev–Trinajstić information content (AvgIpc) is 2.63. The third-order valence-electron chi connectivity index (χ3n) is 5.08. The van der Waals surface area contributed by atoms with Crippen molar-refractivity contribution in [1.82, 2.24) is 14.9 Å². The second-order valence-electron chi connectivity index (χ2n) is 6.64. The van der Waals surface area contributed by atoms with Gasteiger partial charge in [-0.1, -0.05) is 25.4 Å². The van der Waals surface area contributed by atoms with Crippen LogP contribution in [0.15, 0.2) is 24.5 Å². The van der Waals surface area contributed by atoms with Crippen LogP contribution in [0.4, 0.5) is 5.82 Å². The molecule has 0 unspecified atom stereocenters. The summed E-state index contributed by atoms with van der Waals surface area (Å²) in [6, 6.07) is 5.97. The van der Waals surface area contributed by atoms with Crippen molar-refractivity contribution in [3.63, 3.8) is 0 Å². The maximum Gasteiger partial charge on any atom is 0.225 e. The van der Waals surface area contributed by atoms with Gasteiger partial charge in [0.25, 0.3) is 0 Å². The molecule has 1 fully saturated rings. The molecule has 0 saturated carbocycles. The van der Waals surface area contributed by atoms with E-state index in [-0.39, 0.29) is 5.92 Å². The van der Waals surface area contributed by atoms with Crippen LogP contribution in [0.3, 0.4) is 0 Å². The van der Waals surface area contributed by atoms with Crippen LogP contribution in [0.25, 0.3) is 10.9 Å². The molecule has 0 atom stereocenters. The monoisotopic (exact) mass is 360 g/mol. The van der Waals surface area contributed by atoms with E-state index in [1.54, 1.807) is 6.33 Å². The summed E-state index contributed by atoms with van der Waals surface area (Å²) in [5.41, 5.74) is 0.839. The van der Waals surface area contributed by atoms with Crippen molar-refractivity contribution < 1.29 is 4.79 Å². The van der Waals surface area contributed by atoms with Gasteiger partial charge in [0.05, 0.1) is 5.52 Å². The summed E-state index contributed by atoms with van der Waals surface area (Å²) < 4.78 is 0. The number of likely N-dealkylation sites (tertiary alicyclic amines) is 1. The van der Waals surface area contributed by atoms with Crippen LogP contribution in [0.5, 0.6) is 0 Å². The number of carbonyl (C=O) groups is 1. The van der Waals surface area contributed by atoms with Crippen LogP contribution in [-0.4, -0.2) is 39.9 Å². The van der Waals surface area contributed by atoms with Crippen molar-refractivity contribution in [2.24, 2.45) is 5.92 Å². The Kier molecular flexibility index (Phi) is 5.74. The number of hydrogen-bond acceptors (Lipinski definition) is 4. The molecule has 2 aromatic rings. The van der Waals surface area contributed by atoms with Crippen molar-refractivity contribution in [2.75, 3.05) is 18.4 Å². The summed E-state index contributed by atoms with van der Waals surface area (Å²) >= 11 is 6.04. The number of amides is 1. The number of fused-ring (bicyclic) bond motifs is 1. The quantitative estimate of drug-likeness (QED) is 0.871. The van der Waals surface area contributed by atoms with Gasteiger partial charge in [-0.3, -0.25) is 4.79 Å². The van der Waals surface area contributed by atoms with E-state index in [4.69, 9.17) is 11.6 Å². The highest BCUT2D eigenvalue weighted by Crippen LogP contribution is 2.25. The van der Waals surface area contributed by atoms with Crippen molar-refractivity contribution >= 4 is 34.2 Å². The van der Waals surface area contributed by atoms with Crippen LogP contribution in [0.2, 0.25) is 5.02 Å². The molecule has 1 N–H and O–H groups in total. The molecule has 1 aromatic carbocycles. The second kappa shape index (κ2) is 8.00. The predicted octanol–water partition coefficient (Wildman–Crippen LogP) is 4.12. The number of hydrogen-bond donors (Lipinski definition) is 1. The lowest BCUT2D eigenvalue weighted by molar-refractivity contribution is -0.136. The van der Waals surface area contributed by atoms with Crippen molar-refractivity contribution in [1.29, 1.82) is 0 Å². The maximum atomic E-state index is 12.5.